The molecule has 0 aromatic heterocycles. The molecule has 348 valence electrons. The highest BCUT2D eigenvalue weighted by Crippen LogP contribution is 2.08. The number of hydrogen-bond donors (Lipinski definition) is 2. The molecule has 0 saturated carbocycles. The maximum Gasteiger partial charge on any atom is 0.220 e. The maximum atomic E-state index is 11.2. The zero-order valence-corrected chi connectivity index (χ0v) is 42.2. The summed E-state index contributed by atoms with van der Waals surface area (Å²) >= 11 is 0. The Hall–Kier alpha value is -1.22. The lowest BCUT2D eigenvalue weighted by molar-refractivity contribution is -0.122. The summed E-state index contributed by atoms with van der Waals surface area (Å²) < 4.78 is 21.5. The molecule has 0 saturated heterocycles. The lowest BCUT2D eigenvalue weighted by Crippen LogP contribution is -2.27. The minimum absolute atomic E-state index is 0.192. The molecule has 0 aliphatic rings. The highest BCUT2D eigenvalue weighted by Gasteiger charge is 2.04. The largest absolute Gasteiger partial charge is 0.379 e. The predicted octanol–water partition coefficient (Wildman–Crippen LogP) is 12.7. The summed E-state index contributed by atoms with van der Waals surface area (Å²) in [5, 5.41) is 5.83. The smallest absolute Gasteiger partial charge is 0.220 e. The Morgan fingerprint density at radius 2 is 0.772 bits per heavy atom. The first-order chi connectivity index (χ1) is 26.4. The van der Waals surface area contributed by atoms with Gasteiger partial charge in [-0.2, -0.15) is 0 Å². The summed E-state index contributed by atoms with van der Waals surface area (Å²) in [6.45, 7) is 50.4. The van der Waals surface area contributed by atoms with Crippen LogP contribution in [0.15, 0.2) is 0 Å². The molecule has 57 heavy (non-hydrogen) atoms. The number of hydrogen-bond acceptors (Lipinski definition) is 6. The van der Waals surface area contributed by atoms with Crippen molar-refractivity contribution in [3.8, 4) is 0 Å². The lowest BCUT2D eigenvalue weighted by atomic mass is 10.0. The third kappa shape index (κ3) is 83.4. The molecule has 0 bridgehead atoms. The molecular weight excluding hydrogens is 713 g/mol. The van der Waals surface area contributed by atoms with Gasteiger partial charge in [0.2, 0.25) is 11.8 Å². The van der Waals surface area contributed by atoms with Crippen LogP contribution in [0.2, 0.25) is 0 Å². The molecule has 8 nitrogen and oxygen atoms in total. The molecule has 0 aromatic carbocycles. The van der Waals surface area contributed by atoms with Crippen LogP contribution in [0.1, 0.15) is 190 Å². The second-order valence-electron chi connectivity index (χ2n) is 19.6. The van der Waals surface area contributed by atoms with Gasteiger partial charge in [0, 0.05) is 45.8 Å². The van der Waals surface area contributed by atoms with Gasteiger partial charge in [-0.05, 0) is 106 Å². The van der Waals surface area contributed by atoms with Crippen molar-refractivity contribution >= 4 is 11.8 Å². The Morgan fingerprint density at radius 1 is 0.386 bits per heavy atom. The van der Waals surface area contributed by atoms with Gasteiger partial charge < -0.3 is 29.6 Å². The van der Waals surface area contributed by atoms with Gasteiger partial charge in [0.15, 0.2) is 0 Å². The average molecular weight is 819 g/mol. The second kappa shape index (κ2) is 47.5. The van der Waals surface area contributed by atoms with Crippen LogP contribution in [0, 0.1) is 53.3 Å². The molecule has 2 amide bonds. The molecule has 0 spiro atoms. The summed E-state index contributed by atoms with van der Waals surface area (Å²) in [6.07, 6.45) is 8.38. The van der Waals surface area contributed by atoms with Crippen LogP contribution in [-0.4, -0.2) is 77.3 Å². The van der Waals surface area contributed by atoms with E-state index < -0.39 is 0 Å². The zero-order valence-electron chi connectivity index (χ0n) is 42.2. The number of amides is 2. The first kappa shape index (κ1) is 64.9. The van der Waals surface area contributed by atoms with E-state index in [2.05, 4.69) is 135 Å². The maximum absolute atomic E-state index is 11.2. The van der Waals surface area contributed by atoms with E-state index in [1.807, 2.05) is 13.8 Å². The normalized spacial score (nSPS) is 11.2. The Kier molecular flexibility index (Phi) is 54.0. The minimum Gasteiger partial charge on any atom is -0.379 e. The molecule has 0 rings (SSSR count). The minimum atomic E-state index is 0.192. The van der Waals surface area contributed by atoms with Crippen LogP contribution < -0.4 is 10.6 Å². The Bertz CT molecular complexity index is 751. The summed E-state index contributed by atoms with van der Waals surface area (Å²) in [6, 6.07) is 0. The van der Waals surface area contributed by atoms with Crippen molar-refractivity contribution in [2.45, 2.75) is 196 Å². The van der Waals surface area contributed by atoms with Crippen LogP contribution in [0.25, 0.3) is 0 Å². The molecular formula is C49H106N2O6. The lowest BCUT2D eigenvalue weighted by Gasteiger charge is -2.09. The van der Waals surface area contributed by atoms with Gasteiger partial charge in [-0.15, -0.1) is 0 Å². The van der Waals surface area contributed by atoms with Crippen LogP contribution in [0.5, 0.6) is 0 Å². The van der Waals surface area contributed by atoms with Gasteiger partial charge in [-0.25, -0.2) is 0 Å². The zero-order chi connectivity index (χ0) is 45.2. The van der Waals surface area contributed by atoms with Gasteiger partial charge in [0.05, 0.1) is 32.5 Å². The first-order valence-corrected chi connectivity index (χ1v) is 23.3. The molecule has 0 aromatic rings. The van der Waals surface area contributed by atoms with Gasteiger partial charge >= 0.3 is 0 Å². The fourth-order valence-corrected chi connectivity index (χ4v) is 4.40. The highest BCUT2D eigenvalue weighted by atomic mass is 16.5. The summed E-state index contributed by atoms with van der Waals surface area (Å²) in [5.41, 5.74) is 0. The van der Waals surface area contributed by atoms with Crippen LogP contribution in [0.3, 0.4) is 0 Å². The SMILES string of the molecule is CC(C)CC(C)C.CC(C)CCC(=O)NCC(C)C.CC(C)CCNC(=O)CCC(C)C.CC(C)CCOCCOCCC(C)C.CC(C)COCCOC(C)C. The van der Waals surface area contributed by atoms with Gasteiger partial charge in [-0.3, -0.25) is 9.59 Å². The van der Waals surface area contributed by atoms with E-state index in [0.29, 0.717) is 55.1 Å². The van der Waals surface area contributed by atoms with E-state index in [4.69, 9.17) is 18.9 Å². The van der Waals surface area contributed by atoms with Crippen molar-refractivity contribution in [1.29, 1.82) is 0 Å². The molecule has 0 heterocycles. The molecule has 0 aliphatic carbocycles. The molecule has 2 N–H and O–H groups in total. The van der Waals surface area contributed by atoms with Crippen LogP contribution in [-0.2, 0) is 28.5 Å². The third-order valence-corrected chi connectivity index (χ3v) is 7.77. The number of rotatable bonds is 28. The monoisotopic (exact) mass is 819 g/mol. The van der Waals surface area contributed by atoms with Gasteiger partial charge in [0.1, 0.15) is 0 Å². The molecule has 0 unspecified atom stereocenters. The number of carbonyl (C=O) groups excluding carboxylic acids is 2. The third-order valence-electron chi connectivity index (χ3n) is 7.77. The molecule has 0 radical (unpaired) electrons. The Morgan fingerprint density at radius 3 is 1.09 bits per heavy atom. The fraction of sp³-hybridized carbons (Fsp3) is 0.959. The van der Waals surface area contributed by atoms with Crippen molar-refractivity contribution in [2.24, 2.45) is 53.3 Å². The number of ether oxygens (including phenoxy) is 4. The Labute approximate surface area is 358 Å². The van der Waals surface area contributed by atoms with E-state index >= 15 is 0 Å². The van der Waals surface area contributed by atoms with Gasteiger partial charge in [0.25, 0.3) is 0 Å². The summed E-state index contributed by atoms with van der Waals surface area (Å²) in [4.78, 5) is 22.4. The Balaban J connectivity index is -0.000000201. The molecule has 0 aliphatic heterocycles. The second-order valence-corrected chi connectivity index (χ2v) is 19.6. The van der Waals surface area contributed by atoms with Crippen LogP contribution >= 0.6 is 0 Å². The predicted molar refractivity (Wildman–Crippen MR) is 250 cm³/mol. The van der Waals surface area contributed by atoms with Crippen molar-refractivity contribution < 1.29 is 28.5 Å². The highest BCUT2D eigenvalue weighted by molar-refractivity contribution is 5.76. The van der Waals surface area contributed by atoms with Crippen molar-refractivity contribution in [3.05, 3.63) is 0 Å². The average Bonchev–Trinajstić information content (AvgIpc) is 3.06. The quantitative estimate of drug-likeness (QED) is 0.0764. The van der Waals surface area contributed by atoms with Crippen molar-refractivity contribution in [1.82, 2.24) is 10.6 Å². The standard InChI is InChI=1S/C12H26O2.C11H23NO.C10H21NO.C9H20O2.C7H16/c1-11(2)5-7-13-9-10-14-8-6-12(3)4;1-9(2)5-6-11(13)12-8-7-10(3)4;1-8(2)5-6-10(12)11-7-9(3)4;1-8(2)7-10-5-6-11-9(3)4;1-6(2)5-7(3)4/h11-12H,5-10H2,1-4H3;9-10H,5-8H2,1-4H3,(H,12,13);8-9H,5-7H2,1-4H3,(H,11,12);8-9H,5-7H2,1-4H3;6-7H,5H2,1-4H3. The number of carbonyl (C=O) groups is 2. The van der Waals surface area contributed by atoms with E-state index in [1.165, 1.54) is 6.42 Å². The molecule has 8 heteroatoms. The van der Waals surface area contributed by atoms with E-state index in [1.54, 1.807) is 0 Å². The first-order valence-electron chi connectivity index (χ1n) is 23.3. The van der Waals surface area contributed by atoms with Crippen molar-refractivity contribution in [3.63, 3.8) is 0 Å². The summed E-state index contributed by atoms with van der Waals surface area (Å²) in [5.74, 6) is 6.69. The topological polar surface area (TPSA) is 95.1 Å². The van der Waals surface area contributed by atoms with Crippen molar-refractivity contribution in [2.75, 3.05) is 59.3 Å². The van der Waals surface area contributed by atoms with E-state index in [9.17, 15) is 9.59 Å². The number of nitrogens with one attached hydrogen (secondary N) is 2. The van der Waals surface area contributed by atoms with E-state index in [-0.39, 0.29) is 11.8 Å². The summed E-state index contributed by atoms with van der Waals surface area (Å²) in [7, 11) is 0. The fourth-order valence-electron chi connectivity index (χ4n) is 4.40. The van der Waals surface area contributed by atoms with E-state index in [0.717, 1.165) is 109 Å². The van der Waals surface area contributed by atoms with Crippen LogP contribution in [0.4, 0.5) is 0 Å². The molecule has 0 atom stereocenters. The van der Waals surface area contributed by atoms with Gasteiger partial charge in [-0.1, -0.05) is 125 Å². The molecule has 0 fully saturated rings.